The fourth-order valence-corrected chi connectivity index (χ4v) is 9.35. The molecule has 0 aliphatic carbocycles. The summed E-state index contributed by atoms with van der Waals surface area (Å²) in [6, 6.07) is 4.14. The molecule has 5 rings (SSSR count). The number of thiocarbonyl (C=S) groups is 1. The van der Waals surface area contributed by atoms with Gasteiger partial charge in [0.2, 0.25) is 0 Å². The summed E-state index contributed by atoms with van der Waals surface area (Å²) in [7, 11) is 0. The summed E-state index contributed by atoms with van der Waals surface area (Å²) in [5.41, 5.74) is -1.62. The number of aromatic carboxylic acids is 1. The van der Waals surface area contributed by atoms with Crippen LogP contribution in [0.15, 0.2) is 43.8 Å². The van der Waals surface area contributed by atoms with Crippen molar-refractivity contribution >= 4 is 115 Å². The van der Waals surface area contributed by atoms with Gasteiger partial charge in [0.25, 0.3) is 17.0 Å². The van der Waals surface area contributed by atoms with Gasteiger partial charge in [0, 0.05) is 4.90 Å². The van der Waals surface area contributed by atoms with Gasteiger partial charge in [0.1, 0.15) is 49.3 Å². The SMILES string of the molecule is O=C(O)CN1C(=O)C(=c2s/c(=c3\sc(=CC=C4Sc5ccc(C(=O)O)cc5N4CC(=O)O)c(=O)n3CC(=O)O)c(=O)n2CC(=O)O)SC1=S. The van der Waals surface area contributed by atoms with Crippen LogP contribution >= 0.6 is 58.4 Å². The van der Waals surface area contributed by atoms with E-state index in [0.717, 1.165) is 25.8 Å². The number of fused-ring (bicyclic) bond motifs is 1. The lowest BCUT2D eigenvalue weighted by molar-refractivity contribution is -0.140. The molecule has 0 unspecified atom stereocenters. The summed E-state index contributed by atoms with van der Waals surface area (Å²) in [6.07, 6.45) is 2.65. The molecule has 1 saturated heterocycles. The summed E-state index contributed by atoms with van der Waals surface area (Å²) in [4.78, 5) is 101. The number of aliphatic carboxylic acids is 4. The van der Waals surface area contributed by atoms with Gasteiger partial charge in [0.15, 0.2) is 0 Å². The van der Waals surface area contributed by atoms with E-state index in [1.807, 2.05) is 0 Å². The molecule has 1 fully saturated rings. The first kappa shape index (κ1) is 35.3. The number of hydrogen-bond donors (Lipinski definition) is 5. The van der Waals surface area contributed by atoms with Crippen LogP contribution in [0.25, 0.3) is 11.0 Å². The van der Waals surface area contributed by atoms with Gasteiger partial charge in [-0.2, -0.15) is 0 Å². The third kappa shape index (κ3) is 7.07. The predicted octanol–water partition coefficient (Wildman–Crippen LogP) is -0.341. The normalized spacial score (nSPS) is 17.2. The van der Waals surface area contributed by atoms with Crippen molar-refractivity contribution in [3.63, 3.8) is 0 Å². The molecule has 22 heteroatoms. The van der Waals surface area contributed by atoms with E-state index >= 15 is 0 Å². The molecule has 2 aromatic heterocycles. The van der Waals surface area contributed by atoms with Gasteiger partial charge in [-0.15, -0.1) is 22.7 Å². The first-order valence-electron chi connectivity index (χ1n) is 13.2. The van der Waals surface area contributed by atoms with Crippen LogP contribution in [0, 0.1) is 9.20 Å². The smallest absolute Gasteiger partial charge is 0.335 e. The van der Waals surface area contributed by atoms with Crippen LogP contribution in [0.4, 0.5) is 5.69 Å². The first-order valence-corrected chi connectivity index (χ1v) is 16.9. The Morgan fingerprint density at radius 2 is 1.31 bits per heavy atom. The molecule has 1 aromatic carbocycles. The molecule has 3 aromatic rings. The number of hydrogen-bond acceptors (Lipinski definition) is 14. The molecule has 4 heterocycles. The van der Waals surface area contributed by atoms with E-state index in [1.165, 1.54) is 35.3 Å². The molecule has 0 bridgehead atoms. The number of rotatable bonds is 10. The van der Waals surface area contributed by atoms with E-state index in [0.29, 0.717) is 45.0 Å². The van der Waals surface area contributed by atoms with Gasteiger partial charge in [-0.1, -0.05) is 35.7 Å². The molecule has 0 radical (unpaired) electrons. The number of benzene rings is 1. The predicted molar refractivity (Wildman–Crippen MR) is 179 cm³/mol. The molecule has 49 heavy (non-hydrogen) atoms. The van der Waals surface area contributed by atoms with Crippen molar-refractivity contribution in [3.05, 3.63) is 74.0 Å². The number of carbonyl (C=O) groups excluding carboxylic acids is 1. The van der Waals surface area contributed by atoms with Crippen molar-refractivity contribution in [2.75, 3.05) is 18.0 Å². The Kier molecular flexibility index (Phi) is 9.96. The third-order valence-electron chi connectivity index (χ3n) is 6.56. The number of carboxylic acid groups (broad SMARTS) is 5. The van der Waals surface area contributed by atoms with Gasteiger partial charge in [-0.05, 0) is 30.4 Å². The van der Waals surface area contributed by atoms with E-state index in [1.54, 1.807) is 0 Å². The zero-order valence-corrected chi connectivity index (χ0v) is 28.1. The number of allylic oxidation sites excluding steroid dienone is 1. The maximum absolute atomic E-state index is 13.7. The summed E-state index contributed by atoms with van der Waals surface area (Å²) in [5, 5.41) is 47.5. The molecule has 1 amide bonds. The van der Waals surface area contributed by atoms with Gasteiger partial charge in [0.05, 0.1) is 20.8 Å². The van der Waals surface area contributed by atoms with Crippen LogP contribution < -0.4 is 25.2 Å². The Hall–Kier alpha value is -5.03. The maximum atomic E-state index is 13.7. The lowest BCUT2D eigenvalue weighted by Gasteiger charge is -2.17. The Morgan fingerprint density at radius 1 is 0.714 bits per heavy atom. The minimum absolute atomic E-state index is 0.0874. The number of nitrogens with zero attached hydrogens (tertiary/aromatic N) is 4. The zero-order valence-electron chi connectivity index (χ0n) is 24.0. The summed E-state index contributed by atoms with van der Waals surface area (Å²) < 4.78 is 0.582. The van der Waals surface area contributed by atoms with E-state index in [4.69, 9.17) is 12.2 Å². The fraction of sp³-hybridized carbons (Fsp3) is 0.148. The quantitative estimate of drug-likeness (QED) is 0.165. The van der Waals surface area contributed by atoms with Crippen molar-refractivity contribution in [1.29, 1.82) is 0 Å². The van der Waals surface area contributed by atoms with Crippen LogP contribution in [0.1, 0.15) is 10.4 Å². The van der Waals surface area contributed by atoms with Gasteiger partial charge in [-0.3, -0.25) is 47.6 Å². The molecule has 254 valence electrons. The van der Waals surface area contributed by atoms with E-state index < -0.39 is 73.1 Å². The standard InChI is InChI=1S/C27H18N4O13S5/c32-15(33)6-28-11-5-10(26(43)44)1-2-12(11)46-14(28)4-3-13-21(40)29(7-16(34)35)24(47-13)19-22(41)30(8-17(36)37)25(48-19)20-23(42)31(9-18(38)39)27(45)49-20/h1-5H,6-9H2,(H,32,33)(H,34,35)(H,36,37)(H,38,39)(H,43,44)/b13-3?,14-4?,24-19-,25-20?. The van der Waals surface area contributed by atoms with Crippen molar-refractivity contribution in [2.24, 2.45) is 0 Å². The fourth-order valence-electron chi connectivity index (χ4n) is 4.58. The highest BCUT2D eigenvalue weighted by Gasteiger charge is 2.35. The lowest BCUT2D eigenvalue weighted by atomic mass is 10.2. The zero-order chi connectivity index (χ0) is 35.9. The van der Waals surface area contributed by atoms with E-state index in [9.17, 15) is 63.9 Å². The lowest BCUT2D eigenvalue weighted by Crippen LogP contribution is -2.35. The molecular weight excluding hydrogens is 749 g/mol. The number of carboxylic acids is 5. The Bertz CT molecular complexity index is 2410. The summed E-state index contributed by atoms with van der Waals surface area (Å²) in [5.74, 6) is -7.67. The second-order valence-electron chi connectivity index (χ2n) is 9.80. The van der Waals surface area contributed by atoms with Gasteiger partial charge in [-0.25, -0.2) is 4.79 Å². The maximum Gasteiger partial charge on any atom is 0.335 e. The molecule has 0 atom stereocenters. The van der Waals surface area contributed by atoms with Crippen molar-refractivity contribution in [1.82, 2.24) is 14.0 Å². The highest BCUT2D eigenvalue weighted by Crippen LogP contribution is 2.46. The first-order chi connectivity index (χ1) is 23.1. The van der Waals surface area contributed by atoms with E-state index in [-0.39, 0.29) is 38.2 Å². The second kappa shape index (κ2) is 13.8. The van der Waals surface area contributed by atoms with Crippen LogP contribution in [0.2, 0.25) is 0 Å². The second-order valence-corrected chi connectivity index (χ2v) is 14.5. The Labute approximate surface area is 292 Å². The van der Waals surface area contributed by atoms with E-state index in [2.05, 4.69) is 0 Å². The summed E-state index contributed by atoms with van der Waals surface area (Å²) >= 11 is 8.12. The Balaban J connectivity index is 1.76. The molecule has 0 saturated carbocycles. The summed E-state index contributed by atoms with van der Waals surface area (Å²) in [6.45, 7) is -3.20. The molecule has 5 N–H and O–H groups in total. The minimum Gasteiger partial charge on any atom is -0.480 e. The van der Waals surface area contributed by atoms with Crippen molar-refractivity contribution < 1.29 is 54.3 Å². The topological polar surface area (TPSA) is 254 Å². The third-order valence-corrected chi connectivity index (χ3v) is 11.7. The number of carbonyl (C=O) groups is 6. The molecule has 2 aliphatic rings. The van der Waals surface area contributed by atoms with Crippen molar-refractivity contribution in [3.8, 4) is 0 Å². The highest BCUT2D eigenvalue weighted by atomic mass is 32.2. The molecule has 17 nitrogen and oxygen atoms in total. The molecule has 0 spiro atoms. The highest BCUT2D eigenvalue weighted by molar-refractivity contribution is 8.30. The molecule has 2 aliphatic heterocycles. The minimum atomic E-state index is -1.47. The number of thioether (sulfide) groups is 2. The number of anilines is 1. The molecular formula is C27H18N4O13S5. The average Bonchev–Trinajstić information content (AvgIpc) is 3.69. The van der Waals surface area contributed by atoms with Crippen LogP contribution in [-0.4, -0.2) is 92.7 Å². The monoisotopic (exact) mass is 766 g/mol. The van der Waals surface area contributed by atoms with Gasteiger partial charge >= 0.3 is 29.8 Å². The van der Waals surface area contributed by atoms with Crippen LogP contribution in [-0.2, 0) is 37.1 Å². The Morgan fingerprint density at radius 3 is 1.90 bits per heavy atom. The average molecular weight is 767 g/mol. The van der Waals surface area contributed by atoms with Crippen LogP contribution in [0.5, 0.6) is 0 Å². The van der Waals surface area contributed by atoms with Crippen LogP contribution in [0.3, 0.4) is 0 Å². The van der Waals surface area contributed by atoms with Crippen molar-refractivity contribution in [2.45, 2.75) is 18.0 Å². The largest absolute Gasteiger partial charge is 0.480 e. The number of amides is 1. The van der Waals surface area contributed by atoms with Gasteiger partial charge < -0.3 is 30.4 Å². The number of thiazole rings is 2. The number of aromatic nitrogens is 2.